The fraction of sp³-hybridized carbons (Fsp3) is 0.379. The lowest BCUT2D eigenvalue weighted by Gasteiger charge is -2.16. The summed E-state index contributed by atoms with van der Waals surface area (Å²) in [6.45, 7) is 10.8. The molecular weight excluding hydrogens is 502 g/mol. The zero-order chi connectivity index (χ0) is 26.7. The highest BCUT2D eigenvalue weighted by Gasteiger charge is 2.32. The normalized spacial score (nSPS) is 15.0. The number of aromatic nitrogens is 2. The first-order valence-corrected chi connectivity index (χ1v) is 14.0. The molecule has 0 aliphatic carbocycles. The summed E-state index contributed by atoms with van der Waals surface area (Å²) in [6, 6.07) is 9.75. The third kappa shape index (κ3) is 5.80. The molecule has 0 atom stereocenters. The third-order valence-electron chi connectivity index (χ3n) is 6.43. The first-order chi connectivity index (χ1) is 17.7. The monoisotopic (exact) mass is 535 g/mol. The Morgan fingerprint density at radius 2 is 1.92 bits per heavy atom. The Morgan fingerprint density at radius 3 is 2.65 bits per heavy atom. The van der Waals surface area contributed by atoms with Crippen molar-refractivity contribution in [1.82, 2.24) is 14.3 Å². The van der Waals surface area contributed by atoms with Gasteiger partial charge in [-0.3, -0.25) is 18.9 Å². The molecule has 3 aromatic rings. The maximum atomic E-state index is 13.7. The molecule has 4 rings (SSSR count). The number of thioether (sulfide) groups is 1. The minimum atomic E-state index is -0.296. The highest BCUT2D eigenvalue weighted by atomic mass is 32.2. The molecule has 1 amide bonds. The second kappa shape index (κ2) is 11.6. The van der Waals surface area contributed by atoms with E-state index in [2.05, 4.69) is 20.8 Å². The Labute approximate surface area is 227 Å². The lowest BCUT2D eigenvalue weighted by Crippen LogP contribution is -2.29. The van der Waals surface area contributed by atoms with E-state index in [1.54, 1.807) is 17.2 Å². The van der Waals surface area contributed by atoms with Crippen LogP contribution in [0.4, 0.5) is 0 Å². The van der Waals surface area contributed by atoms with Gasteiger partial charge in [0.2, 0.25) is 5.88 Å². The summed E-state index contributed by atoms with van der Waals surface area (Å²) in [6.07, 6.45) is 7.47. The summed E-state index contributed by atoms with van der Waals surface area (Å²) in [5, 5.41) is 0. The van der Waals surface area contributed by atoms with Gasteiger partial charge in [0.05, 0.1) is 4.91 Å². The number of ether oxygens (including phenoxy) is 1. The topological polar surface area (TPSA) is 63.9 Å². The van der Waals surface area contributed by atoms with E-state index in [0.717, 1.165) is 42.4 Å². The van der Waals surface area contributed by atoms with E-state index in [0.29, 0.717) is 27.2 Å². The van der Waals surface area contributed by atoms with Gasteiger partial charge in [-0.25, -0.2) is 0 Å². The minimum Gasteiger partial charge on any atom is -0.438 e. The molecule has 6 nitrogen and oxygen atoms in total. The molecule has 0 unspecified atom stereocenters. The molecular formula is C29H33N3O3S2. The number of carbonyl (C=O) groups is 1. The second-order valence-electron chi connectivity index (χ2n) is 9.71. The van der Waals surface area contributed by atoms with Crippen molar-refractivity contribution in [1.29, 1.82) is 0 Å². The molecule has 1 fully saturated rings. The smallest absolute Gasteiger partial charge is 0.269 e. The molecule has 37 heavy (non-hydrogen) atoms. The molecule has 1 saturated heterocycles. The van der Waals surface area contributed by atoms with E-state index in [1.165, 1.54) is 16.2 Å². The van der Waals surface area contributed by atoms with Crippen LogP contribution in [-0.4, -0.2) is 31.1 Å². The van der Waals surface area contributed by atoms with Gasteiger partial charge >= 0.3 is 0 Å². The summed E-state index contributed by atoms with van der Waals surface area (Å²) in [5.41, 5.74) is 3.35. The van der Waals surface area contributed by atoms with E-state index < -0.39 is 0 Å². The summed E-state index contributed by atoms with van der Waals surface area (Å²) < 4.78 is 8.40. The number of amides is 1. The van der Waals surface area contributed by atoms with Gasteiger partial charge in [0.1, 0.15) is 21.3 Å². The molecule has 0 N–H and O–H groups in total. The summed E-state index contributed by atoms with van der Waals surface area (Å²) in [5.74, 6) is 0.869. The Kier molecular flexibility index (Phi) is 8.49. The lowest BCUT2D eigenvalue weighted by molar-refractivity contribution is -0.122. The van der Waals surface area contributed by atoms with Gasteiger partial charge in [-0.15, -0.1) is 0 Å². The predicted molar refractivity (Wildman–Crippen MR) is 156 cm³/mol. The number of thiocarbonyl (C=S) groups is 1. The van der Waals surface area contributed by atoms with Crippen LogP contribution in [0.2, 0.25) is 0 Å². The number of nitrogens with zero attached hydrogens (tertiary/aromatic N) is 3. The van der Waals surface area contributed by atoms with Crippen LogP contribution in [0.5, 0.6) is 11.6 Å². The average Bonchev–Trinajstić information content (AvgIpc) is 3.12. The highest BCUT2D eigenvalue weighted by molar-refractivity contribution is 8.26. The van der Waals surface area contributed by atoms with Crippen molar-refractivity contribution in [3.63, 3.8) is 0 Å². The molecule has 2 aromatic heterocycles. The molecule has 1 aliphatic rings. The average molecular weight is 536 g/mol. The highest BCUT2D eigenvalue weighted by Crippen LogP contribution is 2.36. The molecule has 194 valence electrons. The minimum absolute atomic E-state index is 0.176. The molecule has 1 aromatic carbocycles. The standard InChI is InChI=1S/C29H33N3O3S2/c1-6-7-8-9-14-32-28(34)24(37-29(32)36)17-22-26(30-25-20(5)11-10-15-31(25)27(22)33)35-23-16-19(4)12-13-21(23)18(2)3/h10-13,15-18H,6-9,14H2,1-5H3/b24-17+. The van der Waals surface area contributed by atoms with Crippen molar-refractivity contribution in [2.75, 3.05) is 6.54 Å². The van der Waals surface area contributed by atoms with E-state index in [9.17, 15) is 9.59 Å². The predicted octanol–water partition coefficient (Wildman–Crippen LogP) is 7.01. The van der Waals surface area contributed by atoms with E-state index in [1.807, 2.05) is 44.2 Å². The maximum Gasteiger partial charge on any atom is 0.269 e. The quantitative estimate of drug-likeness (QED) is 0.167. The van der Waals surface area contributed by atoms with Crippen LogP contribution in [0.25, 0.3) is 11.7 Å². The zero-order valence-electron chi connectivity index (χ0n) is 22.0. The van der Waals surface area contributed by atoms with E-state index >= 15 is 0 Å². The van der Waals surface area contributed by atoms with Crippen LogP contribution in [-0.2, 0) is 4.79 Å². The van der Waals surface area contributed by atoms with Crippen molar-refractivity contribution < 1.29 is 9.53 Å². The van der Waals surface area contributed by atoms with Crippen LogP contribution in [0.1, 0.15) is 74.6 Å². The molecule has 0 spiro atoms. The number of benzene rings is 1. The number of hydrogen-bond donors (Lipinski definition) is 0. The second-order valence-corrected chi connectivity index (χ2v) is 11.4. The van der Waals surface area contributed by atoms with Gasteiger partial charge in [0.15, 0.2) is 0 Å². The van der Waals surface area contributed by atoms with Crippen molar-refractivity contribution in [2.24, 2.45) is 0 Å². The van der Waals surface area contributed by atoms with Gasteiger partial charge < -0.3 is 4.74 Å². The van der Waals surface area contributed by atoms with Crippen molar-refractivity contribution in [3.8, 4) is 11.6 Å². The van der Waals surface area contributed by atoms with Crippen molar-refractivity contribution in [3.05, 3.63) is 74.0 Å². The number of aryl methyl sites for hydroxylation is 2. The molecule has 8 heteroatoms. The molecule has 0 bridgehead atoms. The largest absolute Gasteiger partial charge is 0.438 e. The van der Waals surface area contributed by atoms with Gasteiger partial charge in [0, 0.05) is 12.7 Å². The Hall–Kier alpha value is -2.97. The molecule has 1 aliphatic heterocycles. The lowest BCUT2D eigenvalue weighted by atomic mass is 10.0. The van der Waals surface area contributed by atoms with Crippen LogP contribution >= 0.6 is 24.0 Å². The molecule has 3 heterocycles. The molecule has 0 saturated carbocycles. The van der Waals surface area contributed by atoms with Crippen LogP contribution in [0.3, 0.4) is 0 Å². The van der Waals surface area contributed by atoms with Crippen molar-refractivity contribution in [2.45, 2.75) is 66.2 Å². The maximum absolute atomic E-state index is 13.7. The van der Waals surface area contributed by atoms with Gasteiger partial charge in [-0.05, 0) is 61.1 Å². The Morgan fingerprint density at radius 1 is 1.14 bits per heavy atom. The van der Waals surface area contributed by atoms with E-state index in [4.69, 9.17) is 21.9 Å². The number of rotatable bonds is 9. The number of fused-ring (bicyclic) bond motifs is 1. The Balaban J connectivity index is 1.81. The number of pyridine rings is 1. The number of carbonyl (C=O) groups excluding carboxylic acids is 1. The summed E-state index contributed by atoms with van der Waals surface area (Å²) >= 11 is 6.73. The van der Waals surface area contributed by atoms with Crippen LogP contribution in [0.15, 0.2) is 46.2 Å². The fourth-order valence-electron chi connectivity index (χ4n) is 4.33. The van der Waals surface area contributed by atoms with Gasteiger partial charge in [0.25, 0.3) is 11.5 Å². The third-order valence-corrected chi connectivity index (χ3v) is 7.81. The van der Waals surface area contributed by atoms with Crippen LogP contribution in [0, 0.1) is 13.8 Å². The SMILES string of the molecule is CCCCCCN1C(=O)/C(=C\c2c(Oc3cc(C)ccc3C(C)C)nc3c(C)cccn3c2=O)SC1=S. The van der Waals surface area contributed by atoms with Crippen molar-refractivity contribution >= 4 is 45.9 Å². The zero-order valence-corrected chi connectivity index (χ0v) is 23.7. The van der Waals surface area contributed by atoms with Gasteiger partial charge in [-0.2, -0.15) is 4.98 Å². The van der Waals surface area contributed by atoms with Gasteiger partial charge in [-0.1, -0.05) is 82.2 Å². The first-order valence-electron chi connectivity index (χ1n) is 12.8. The summed E-state index contributed by atoms with van der Waals surface area (Å²) in [7, 11) is 0. The first kappa shape index (κ1) is 27.1. The molecule has 0 radical (unpaired) electrons. The number of hydrogen-bond acceptors (Lipinski definition) is 6. The fourth-order valence-corrected chi connectivity index (χ4v) is 5.62. The number of unbranched alkanes of at least 4 members (excludes halogenated alkanes) is 3. The Bertz CT molecular complexity index is 1440. The van der Waals surface area contributed by atoms with E-state index in [-0.39, 0.29) is 28.8 Å². The summed E-state index contributed by atoms with van der Waals surface area (Å²) in [4.78, 5) is 33.8. The van der Waals surface area contributed by atoms with Crippen LogP contribution < -0.4 is 10.3 Å².